The molecule has 0 amide bonds. The number of aromatic nitrogens is 6. The summed E-state index contributed by atoms with van der Waals surface area (Å²) in [5, 5.41) is 21.8. The Labute approximate surface area is 222 Å². The van der Waals surface area contributed by atoms with Crippen molar-refractivity contribution in [3.8, 4) is 22.9 Å². The Hall–Kier alpha value is -3.63. The van der Waals surface area contributed by atoms with E-state index in [1.54, 1.807) is 4.68 Å². The first kappa shape index (κ1) is 24.7. The third kappa shape index (κ3) is 4.69. The van der Waals surface area contributed by atoms with Gasteiger partial charge in [0.2, 0.25) is 11.8 Å². The molecule has 0 spiro atoms. The van der Waals surface area contributed by atoms with Gasteiger partial charge in [-0.3, -0.25) is 9.78 Å². The molecular formula is C28H36N8O2. The van der Waals surface area contributed by atoms with Crippen LogP contribution in [-0.2, 0) is 7.05 Å². The largest absolute Gasteiger partial charge is 0.477 e. The first-order valence-corrected chi connectivity index (χ1v) is 13.4. The lowest BCUT2D eigenvalue weighted by Crippen LogP contribution is -2.44. The Kier molecular flexibility index (Phi) is 6.67. The summed E-state index contributed by atoms with van der Waals surface area (Å²) in [5.74, 6) is 1.42. The van der Waals surface area contributed by atoms with E-state index < -0.39 is 0 Å². The zero-order valence-electron chi connectivity index (χ0n) is 22.6. The van der Waals surface area contributed by atoms with E-state index >= 15 is 0 Å². The number of rotatable bonds is 5. The van der Waals surface area contributed by atoms with Gasteiger partial charge < -0.3 is 19.7 Å². The third-order valence-corrected chi connectivity index (χ3v) is 7.58. The lowest BCUT2D eigenvalue weighted by Gasteiger charge is -2.37. The summed E-state index contributed by atoms with van der Waals surface area (Å²) in [5.41, 5.74) is 5.99. The van der Waals surface area contributed by atoms with E-state index in [1.807, 2.05) is 13.2 Å². The van der Waals surface area contributed by atoms with Crippen molar-refractivity contribution in [3.63, 3.8) is 0 Å². The average molecular weight is 517 g/mol. The normalized spacial score (nSPS) is 20.2. The molecule has 0 radical (unpaired) electrons. The molecule has 10 heteroatoms. The van der Waals surface area contributed by atoms with Gasteiger partial charge >= 0.3 is 0 Å². The fraction of sp³-hybridized carbons (Fsp3) is 0.464. The van der Waals surface area contributed by atoms with Gasteiger partial charge in [-0.2, -0.15) is 10.2 Å². The monoisotopic (exact) mass is 516 g/mol. The number of hydrogen-bond donors (Lipinski definition) is 2. The summed E-state index contributed by atoms with van der Waals surface area (Å²) in [7, 11) is 6.11. The number of benzene rings is 1. The fourth-order valence-corrected chi connectivity index (χ4v) is 5.29. The molecule has 2 bridgehead atoms. The minimum Gasteiger partial charge on any atom is -0.477 e. The van der Waals surface area contributed by atoms with Gasteiger partial charge in [-0.15, -0.1) is 5.10 Å². The minimum absolute atomic E-state index is 0.377. The minimum atomic E-state index is 0.377. The lowest BCUT2D eigenvalue weighted by molar-refractivity contribution is 0.196. The molecule has 6 rings (SSSR count). The first-order valence-electron chi connectivity index (χ1n) is 13.4. The Morgan fingerprint density at radius 2 is 2.00 bits per heavy atom. The maximum atomic E-state index is 6.23. The Morgan fingerprint density at radius 1 is 1.16 bits per heavy atom. The van der Waals surface area contributed by atoms with Crippen LogP contribution in [0.1, 0.15) is 42.3 Å². The molecule has 10 nitrogen and oxygen atoms in total. The SMILES string of the molecule is Cc1c2c(nn1C1CC(NCCN(C)C)C1)OCCCOc1c(cnn1C)-c1ccc3[nH]nc(c3c1)/C=C/2. The highest BCUT2D eigenvalue weighted by Crippen LogP contribution is 2.37. The second-order valence-corrected chi connectivity index (χ2v) is 10.6. The second kappa shape index (κ2) is 10.3. The predicted octanol–water partition coefficient (Wildman–Crippen LogP) is 3.65. The number of H-pyrrole nitrogens is 1. The van der Waals surface area contributed by atoms with Crippen LogP contribution >= 0.6 is 0 Å². The zero-order valence-corrected chi connectivity index (χ0v) is 22.6. The summed E-state index contributed by atoms with van der Waals surface area (Å²) in [6.45, 7) is 5.23. The summed E-state index contributed by atoms with van der Waals surface area (Å²) in [6, 6.07) is 7.19. The van der Waals surface area contributed by atoms with Gasteiger partial charge in [0, 0.05) is 43.7 Å². The molecule has 38 heavy (non-hydrogen) atoms. The van der Waals surface area contributed by atoms with Crippen LogP contribution in [0, 0.1) is 6.92 Å². The van der Waals surface area contributed by atoms with E-state index in [1.165, 1.54) is 0 Å². The highest BCUT2D eigenvalue weighted by molar-refractivity contribution is 5.93. The third-order valence-electron chi connectivity index (χ3n) is 7.58. The topological polar surface area (TPSA) is 98.0 Å². The smallest absolute Gasteiger partial charge is 0.240 e. The summed E-state index contributed by atoms with van der Waals surface area (Å²) >= 11 is 0. The van der Waals surface area contributed by atoms with Gasteiger partial charge in [0.1, 0.15) is 0 Å². The van der Waals surface area contributed by atoms with E-state index in [9.17, 15) is 0 Å². The number of hydrogen-bond acceptors (Lipinski definition) is 7. The second-order valence-electron chi connectivity index (χ2n) is 10.6. The number of aromatic amines is 1. The molecule has 4 aromatic rings. The van der Waals surface area contributed by atoms with Crippen molar-refractivity contribution in [3.05, 3.63) is 41.3 Å². The van der Waals surface area contributed by atoms with Gasteiger partial charge in [-0.25, -0.2) is 4.68 Å². The van der Waals surface area contributed by atoms with Crippen molar-refractivity contribution in [2.45, 2.75) is 38.3 Å². The van der Waals surface area contributed by atoms with Crippen molar-refractivity contribution >= 4 is 23.1 Å². The number of nitrogens with zero attached hydrogens (tertiary/aromatic N) is 6. The lowest BCUT2D eigenvalue weighted by atomic mass is 9.86. The van der Waals surface area contributed by atoms with E-state index in [2.05, 4.69) is 81.6 Å². The van der Waals surface area contributed by atoms with E-state index in [0.29, 0.717) is 31.2 Å². The van der Waals surface area contributed by atoms with Crippen molar-refractivity contribution < 1.29 is 9.47 Å². The van der Waals surface area contributed by atoms with Crippen LogP contribution < -0.4 is 14.8 Å². The van der Waals surface area contributed by atoms with Crippen LogP contribution in [0.5, 0.6) is 11.8 Å². The van der Waals surface area contributed by atoms with Crippen LogP contribution in [0.3, 0.4) is 0 Å². The fourth-order valence-electron chi connectivity index (χ4n) is 5.29. The number of aryl methyl sites for hydroxylation is 1. The molecule has 2 aliphatic rings. The molecule has 1 fully saturated rings. The van der Waals surface area contributed by atoms with Gasteiger partial charge in [-0.1, -0.05) is 6.07 Å². The average Bonchev–Trinajstić information content (AvgIpc) is 3.53. The highest BCUT2D eigenvalue weighted by atomic mass is 16.5. The van der Waals surface area contributed by atoms with E-state index in [0.717, 1.165) is 77.2 Å². The van der Waals surface area contributed by atoms with Gasteiger partial charge in [0.15, 0.2) is 0 Å². The summed E-state index contributed by atoms with van der Waals surface area (Å²) in [6.07, 6.45) is 8.88. The summed E-state index contributed by atoms with van der Waals surface area (Å²) in [4.78, 5) is 2.20. The van der Waals surface area contributed by atoms with Crippen LogP contribution in [0.4, 0.5) is 0 Å². The molecule has 200 valence electrons. The molecular weight excluding hydrogens is 480 g/mol. The van der Waals surface area contributed by atoms with Crippen molar-refractivity contribution in [2.75, 3.05) is 40.4 Å². The van der Waals surface area contributed by atoms with Crippen LogP contribution in [0.25, 0.3) is 34.2 Å². The molecule has 0 saturated heterocycles. The van der Waals surface area contributed by atoms with Gasteiger partial charge in [-0.05, 0) is 63.7 Å². The number of ether oxygens (including phenoxy) is 2. The van der Waals surface area contributed by atoms with Crippen LogP contribution in [-0.4, -0.2) is 81.1 Å². The molecule has 4 heterocycles. The van der Waals surface area contributed by atoms with Crippen LogP contribution in [0.2, 0.25) is 0 Å². The summed E-state index contributed by atoms with van der Waals surface area (Å²) < 4.78 is 16.3. The predicted molar refractivity (Wildman–Crippen MR) is 148 cm³/mol. The molecule has 0 unspecified atom stereocenters. The van der Waals surface area contributed by atoms with Crippen molar-refractivity contribution in [1.29, 1.82) is 0 Å². The van der Waals surface area contributed by atoms with E-state index in [-0.39, 0.29) is 0 Å². The maximum absolute atomic E-state index is 6.23. The molecule has 1 saturated carbocycles. The quantitative estimate of drug-likeness (QED) is 0.418. The molecule has 0 atom stereocenters. The Balaban J connectivity index is 1.30. The van der Waals surface area contributed by atoms with Gasteiger partial charge in [0.25, 0.3) is 0 Å². The first-order chi connectivity index (χ1) is 18.5. The van der Waals surface area contributed by atoms with Crippen molar-refractivity contribution in [2.24, 2.45) is 7.05 Å². The molecule has 1 aromatic carbocycles. The molecule has 1 aliphatic carbocycles. The number of fused-ring (bicyclic) bond motifs is 4. The maximum Gasteiger partial charge on any atom is 0.240 e. The van der Waals surface area contributed by atoms with Crippen molar-refractivity contribution in [1.82, 2.24) is 40.0 Å². The molecule has 2 N–H and O–H groups in total. The van der Waals surface area contributed by atoms with Crippen LogP contribution in [0.15, 0.2) is 24.4 Å². The molecule has 3 aromatic heterocycles. The zero-order chi connectivity index (χ0) is 26.2. The number of likely N-dealkylation sites (N-methyl/N-ethyl adjacent to an activating group) is 1. The standard InChI is InChI=1S/C28H36N8O2/c1-18-22-7-9-26-23-14-19(6-8-25(23)31-32-26)24-17-30-35(4)28(24)38-13-5-12-37-27(22)33-36(18)21-15-20(16-21)29-10-11-34(2)3/h6-9,14,17,20-21,29H,5,10-13,15-16H2,1-4H3,(H,31,32)/b9-7+. The Bertz CT molecular complexity index is 1460. The van der Waals surface area contributed by atoms with Gasteiger partial charge in [0.05, 0.1) is 47.8 Å². The Morgan fingerprint density at radius 3 is 2.84 bits per heavy atom. The van der Waals surface area contributed by atoms with E-state index in [4.69, 9.17) is 14.6 Å². The molecule has 1 aliphatic heterocycles. The number of nitrogens with one attached hydrogen (secondary N) is 2. The highest BCUT2D eigenvalue weighted by Gasteiger charge is 2.33.